The van der Waals surface area contributed by atoms with Crippen molar-refractivity contribution in [3.05, 3.63) is 11.6 Å². The van der Waals surface area contributed by atoms with Gasteiger partial charge in [0.2, 0.25) is 0 Å². The first-order chi connectivity index (χ1) is 8.48. The van der Waals surface area contributed by atoms with E-state index in [1.807, 2.05) is 6.08 Å². The fourth-order valence-electron chi connectivity index (χ4n) is 4.24. The Morgan fingerprint density at radius 3 is 2.39 bits per heavy atom. The normalized spacial score (nSPS) is 42.3. The molecule has 2 rings (SSSR count). The summed E-state index contributed by atoms with van der Waals surface area (Å²) in [6.45, 7) is 4.42. The monoisotopic (exact) mass is 254 g/mol. The summed E-state index contributed by atoms with van der Waals surface area (Å²) < 4.78 is 0. The third kappa shape index (κ3) is 1.93. The number of hydrogen-bond donors (Lipinski definition) is 3. The van der Waals surface area contributed by atoms with Crippen molar-refractivity contribution in [3.63, 3.8) is 0 Å². The van der Waals surface area contributed by atoms with Gasteiger partial charge in [0.15, 0.2) is 0 Å². The number of hydrogen-bond acceptors (Lipinski definition) is 3. The molecule has 0 heterocycles. The topological polar surface area (TPSA) is 60.7 Å². The zero-order valence-corrected chi connectivity index (χ0v) is 11.5. The fourth-order valence-corrected chi connectivity index (χ4v) is 4.24. The van der Waals surface area contributed by atoms with Gasteiger partial charge in [-0.05, 0) is 54.4 Å². The Morgan fingerprint density at radius 1 is 1.28 bits per heavy atom. The molecule has 3 heteroatoms. The van der Waals surface area contributed by atoms with Gasteiger partial charge in [-0.3, -0.25) is 0 Å². The maximum atomic E-state index is 10.2. The van der Waals surface area contributed by atoms with Crippen LogP contribution in [-0.2, 0) is 0 Å². The fraction of sp³-hybridized carbons (Fsp3) is 0.867. The molecule has 0 aromatic rings. The van der Waals surface area contributed by atoms with E-state index in [0.29, 0.717) is 11.5 Å². The van der Waals surface area contributed by atoms with E-state index in [1.54, 1.807) is 0 Å². The minimum absolute atomic E-state index is 0.0590. The Kier molecular flexibility index (Phi) is 3.86. The standard InChI is InChI=1S/C15H26O3/c1-14(6-3-4-11(9-16)10-17)12-5-7-15(14,2)13(18)8-12/h4,12-13,16-18H,3,5-10H2,1-2H3/t12-,13+,14+,15+/m0/s1. The lowest BCUT2D eigenvalue weighted by atomic mass is 9.66. The van der Waals surface area contributed by atoms with Crippen LogP contribution in [0.3, 0.4) is 0 Å². The third-order valence-corrected chi connectivity index (χ3v) is 5.96. The van der Waals surface area contributed by atoms with E-state index in [9.17, 15) is 5.11 Å². The molecule has 104 valence electrons. The van der Waals surface area contributed by atoms with E-state index in [4.69, 9.17) is 10.2 Å². The van der Waals surface area contributed by atoms with Crippen LogP contribution >= 0.6 is 0 Å². The molecule has 0 spiro atoms. The number of rotatable bonds is 5. The maximum absolute atomic E-state index is 10.2. The summed E-state index contributed by atoms with van der Waals surface area (Å²) in [7, 11) is 0. The Balaban J connectivity index is 2.03. The quantitative estimate of drug-likeness (QED) is 0.656. The van der Waals surface area contributed by atoms with Crippen LogP contribution in [-0.4, -0.2) is 34.6 Å². The summed E-state index contributed by atoms with van der Waals surface area (Å²) in [4.78, 5) is 0. The SMILES string of the molecule is C[C@@]1(CCC=C(CO)CO)[C@H]2CC[C@]1(C)[C@H](O)C2. The molecule has 18 heavy (non-hydrogen) atoms. The zero-order chi connectivity index (χ0) is 13.4. The first kappa shape index (κ1) is 14.0. The second kappa shape index (κ2) is 4.95. The van der Waals surface area contributed by atoms with E-state index in [1.165, 1.54) is 6.42 Å². The van der Waals surface area contributed by atoms with E-state index in [-0.39, 0.29) is 30.1 Å². The second-order valence-electron chi connectivity index (χ2n) is 6.54. The van der Waals surface area contributed by atoms with Crippen molar-refractivity contribution in [2.75, 3.05) is 13.2 Å². The van der Waals surface area contributed by atoms with Gasteiger partial charge in [0.05, 0.1) is 19.3 Å². The number of aliphatic hydroxyl groups excluding tert-OH is 3. The lowest BCUT2D eigenvalue weighted by molar-refractivity contribution is 0.00197. The minimum atomic E-state index is -0.152. The zero-order valence-electron chi connectivity index (χ0n) is 11.5. The highest BCUT2D eigenvalue weighted by atomic mass is 16.3. The van der Waals surface area contributed by atoms with Crippen LogP contribution in [0.25, 0.3) is 0 Å². The molecule has 0 aromatic carbocycles. The predicted molar refractivity (Wildman–Crippen MR) is 71.1 cm³/mol. The van der Waals surface area contributed by atoms with Crippen LogP contribution in [0.5, 0.6) is 0 Å². The molecule has 4 atom stereocenters. The molecule has 2 fully saturated rings. The Hall–Kier alpha value is -0.380. The summed E-state index contributed by atoms with van der Waals surface area (Å²) in [6.07, 6.45) is 7.04. The highest BCUT2D eigenvalue weighted by Crippen LogP contribution is 2.67. The molecular weight excluding hydrogens is 228 g/mol. The molecule has 0 saturated heterocycles. The van der Waals surface area contributed by atoms with Gasteiger partial charge >= 0.3 is 0 Å². The van der Waals surface area contributed by atoms with Gasteiger partial charge in [0.25, 0.3) is 0 Å². The van der Waals surface area contributed by atoms with Crippen LogP contribution in [0.1, 0.15) is 46.0 Å². The molecule has 0 aromatic heterocycles. The molecule has 0 radical (unpaired) electrons. The highest BCUT2D eigenvalue weighted by molar-refractivity contribution is 5.13. The summed E-state index contributed by atoms with van der Waals surface area (Å²) >= 11 is 0. The van der Waals surface area contributed by atoms with Crippen molar-refractivity contribution >= 4 is 0 Å². The molecule has 0 unspecified atom stereocenters. The molecule has 2 bridgehead atoms. The van der Waals surface area contributed by atoms with Gasteiger partial charge in [0.1, 0.15) is 0 Å². The van der Waals surface area contributed by atoms with Crippen molar-refractivity contribution in [2.24, 2.45) is 16.7 Å². The molecule has 3 nitrogen and oxygen atoms in total. The van der Waals surface area contributed by atoms with E-state index in [2.05, 4.69) is 13.8 Å². The smallest absolute Gasteiger partial charge is 0.0663 e. The van der Waals surface area contributed by atoms with Crippen LogP contribution < -0.4 is 0 Å². The van der Waals surface area contributed by atoms with Gasteiger partial charge in [0, 0.05) is 0 Å². The lowest BCUT2D eigenvalue weighted by Crippen LogP contribution is -2.37. The van der Waals surface area contributed by atoms with E-state index in [0.717, 1.165) is 25.7 Å². The molecular formula is C15H26O3. The van der Waals surface area contributed by atoms with Gasteiger partial charge in [-0.15, -0.1) is 0 Å². The van der Waals surface area contributed by atoms with Crippen molar-refractivity contribution in [1.82, 2.24) is 0 Å². The summed E-state index contributed by atoms with van der Waals surface area (Å²) in [6, 6.07) is 0. The third-order valence-electron chi connectivity index (χ3n) is 5.96. The average Bonchev–Trinajstić information content (AvgIpc) is 2.70. The van der Waals surface area contributed by atoms with Gasteiger partial charge in [-0.1, -0.05) is 19.9 Å². The lowest BCUT2D eigenvalue weighted by Gasteiger charge is -2.40. The first-order valence-corrected chi connectivity index (χ1v) is 7.05. The number of allylic oxidation sites excluding steroid dienone is 1. The van der Waals surface area contributed by atoms with Crippen LogP contribution in [0, 0.1) is 16.7 Å². The van der Waals surface area contributed by atoms with Crippen molar-refractivity contribution in [2.45, 2.75) is 52.1 Å². The first-order valence-electron chi connectivity index (χ1n) is 7.05. The van der Waals surface area contributed by atoms with Gasteiger partial charge in [-0.25, -0.2) is 0 Å². The highest BCUT2D eigenvalue weighted by Gasteiger charge is 2.62. The van der Waals surface area contributed by atoms with Crippen molar-refractivity contribution in [1.29, 1.82) is 0 Å². The Labute approximate surface area is 110 Å². The minimum Gasteiger partial charge on any atom is -0.393 e. The Bertz CT molecular complexity index is 333. The molecule has 0 aliphatic heterocycles. The van der Waals surface area contributed by atoms with Crippen LogP contribution in [0.4, 0.5) is 0 Å². The molecule has 2 aliphatic rings. The van der Waals surface area contributed by atoms with Crippen molar-refractivity contribution < 1.29 is 15.3 Å². The molecule has 0 amide bonds. The summed E-state index contributed by atoms with van der Waals surface area (Å²) in [5.41, 5.74) is 0.970. The summed E-state index contributed by atoms with van der Waals surface area (Å²) in [5, 5.41) is 28.3. The summed E-state index contributed by atoms with van der Waals surface area (Å²) in [5.74, 6) is 0.637. The Morgan fingerprint density at radius 2 is 1.94 bits per heavy atom. The molecule has 3 N–H and O–H groups in total. The van der Waals surface area contributed by atoms with Crippen LogP contribution in [0.15, 0.2) is 11.6 Å². The molecule has 2 saturated carbocycles. The van der Waals surface area contributed by atoms with Gasteiger partial charge in [-0.2, -0.15) is 0 Å². The largest absolute Gasteiger partial charge is 0.393 e. The maximum Gasteiger partial charge on any atom is 0.0663 e. The van der Waals surface area contributed by atoms with Crippen molar-refractivity contribution in [3.8, 4) is 0 Å². The van der Waals surface area contributed by atoms with E-state index >= 15 is 0 Å². The van der Waals surface area contributed by atoms with Crippen LogP contribution in [0.2, 0.25) is 0 Å². The predicted octanol–water partition coefficient (Wildman–Crippen LogP) is 1.86. The second-order valence-corrected chi connectivity index (χ2v) is 6.54. The number of fused-ring (bicyclic) bond motifs is 2. The van der Waals surface area contributed by atoms with E-state index < -0.39 is 0 Å². The average molecular weight is 254 g/mol. The van der Waals surface area contributed by atoms with Gasteiger partial charge < -0.3 is 15.3 Å². The number of aliphatic hydroxyl groups is 3. The molecule has 2 aliphatic carbocycles.